The summed E-state index contributed by atoms with van der Waals surface area (Å²) in [7, 11) is 0. The predicted octanol–water partition coefficient (Wildman–Crippen LogP) is 4.16. The van der Waals surface area contributed by atoms with Gasteiger partial charge in [0, 0.05) is 10.2 Å². The number of anilines is 1. The van der Waals surface area contributed by atoms with E-state index >= 15 is 0 Å². The number of urea groups is 1. The fourth-order valence-electron chi connectivity index (χ4n) is 3.11. The molecule has 0 radical (unpaired) electrons. The second kappa shape index (κ2) is 7.20. The molecule has 4 rings (SSSR count). The summed E-state index contributed by atoms with van der Waals surface area (Å²) in [5.41, 5.74) is 2.50. The lowest BCUT2D eigenvalue weighted by atomic mass is 10.2. The first-order valence-corrected chi connectivity index (χ1v) is 9.53. The second-order valence-electron chi connectivity index (χ2n) is 6.57. The molecular weight excluding hydrogens is 424 g/mol. The Bertz CT molecular complexity index is 1050. The van der Waals surface area contributed by atoms with Gasteiger partial charge in [0.25, 0.3) is 5.91 Å². The molecule has 1 unspecified atom stereocenters. The molecule has 3 aromatic rings. The van der Waals surface area contributed by atoms with Gasteiger partial charge in [-0.25, -0.2) is 4.79 Å². The van der Waals surface area contributed by atoms with Crippen LogP contribution in [-0.2, 0) is 11.3 Å². The molecule has 0 spiro atoms. The summed E-state index contributed by atoms with van der Waals surface area (Å²) in [6, 6.07) is 13.9. The van der Waals surface area contributed by atoms with E-state index in [1.807, 2.05) is 55.5 Å². The summed E-state index contributed by atoms with van der Waals surface area (Å²) >= 11 is 3.44. The number of aryl methyl sites for hydroxylation is 1. The lowest BCUT2D eigenvalue weighted by molar-refractivity contribution is -0.127. The molecule has 1 saturated heterocycles. The van der Waals surface area contributed by atoms with Crippen molar-refractivity contribution in [3.63, 3.8) is 0 Å². The van der Waals surface area contributed by atoms with Crippen LogP contribution in [0, 0.1) is 6.92 Å². The van der Waals surface area contributed by atoms with Crippen LogP contribution >= 0.6 is 15.9 Å². The Morgan fingerprint density at radius 1 is 1.07 bits per heavy atom. The number of benzene rings is 2. The van der Waals surface area contributed by atoms with E-state index in [2.05, 4.69) is 26.1 Å². The molecule has 28 heavy (non-hydrogen) atoms. The van der Waals surface area contributed by atoms with E-state index in [-0.39, 0.29) is 18.3 Å². The number of nitrogens with zero attached hydrogens (tertiary/aromatic N) is 4. The summed E-state index contributed by atoms with van der Waals surface area (Å²) in [6.45, 7) is 3.61. The van der Waals surface area contributed by atoms with Gasteiger partial charge in [-0.15, -0.1) is 10.2 Å². The van der Waals surface area contributed by atoms with Gasteiger partial charge in [-0.1, -0.05) is 29.8 Å². The van der Waals surface area contributed by atoms with E-state index in [1.165, 1.54) is 4.90 Å². The number of halogens is 1. The SMILES string of the molecule is Cc1ccc(N2C(=O)N(Cc3nnc(-c4ccccc4Br)o3)C(=O)C2C)cc1. The van der Waals surface area contributed by atoms with Gasteiger partial charge < -0.3 is 4.42 Å². The van der Waals surface area contributed by atoms with Gasteiger partial charge in [-0.3, -0.25) is 14.6 Å². The maximum absolute atomic E-state index is 12.9. The van der Waals surface area contributed by atoms with Crippen molar-refractivity contribution in [1.29, 1.82) is 0 Å². The highest BCUT2D eigenvalue weighted by molar-refractivity contribution is 9.10. The summed E-state index contributed by atoms with van der Waals surface area (Å²) in [5.74, 6) is 0.224. The van der Waals surface area contributed by atoms with Crippen molar-refractivity contribution in [2.24, 2.45) is 0 Å². The topological polar surface area (TPSA) is 79.5 Å². The molecule has 2 aromatic carbocycles. The van der Waals surface area contributed by atoms with E-state index in [0.29, 0.717) is 11.6 Å². The van der Waals surface area contributed by atoms with Gasteiger partial charge in [0.1, 0.15) is 12.6 Å². The molecule has 1 aromatic heterocycles. The van der Waals surface area contributed by atoms with E-state index in [9.17, 15) is 9.59 Å². The predicted molar refractivity (Wildman–Crippen MR) is 107 cm³/mol. The second-order valence-corrected chi connectivity index (χ2v) is 7.42. The molecule has 1 atom stereocenters. The van der Waals surface area contributed by atoms with Gasteiger partial charge in [-0.05, 0) is 54.0 Å². The van der Waals surface area contributed by atoms with Crippen LogP contribution in [-0.4, -0.2) is 33.1 Å². The van der Waals surface area contributed by atoms with Crippen molar-refractivity contribution < 1.29 is 14.0 Å². The number of amides is 3. The Morgan fingerprint density at radius 2 is 1.79 bits per heavy atom. The summed E-state index contributed by atoms with van der Waals surface area (Å²) in [6.07, 6.45) is 0. The van der Waals surface area contributed by atoms with Crippen molar-refractivity contribution >= 4 is 33.6 Å². The Kier molecular flexibility index (Phi) is 4.72. The molecule has 0 bridgehead atoms. The molecule has 1 fully saturated rings. The van der Waals surface area contributed by atoms with Crippen molar-refractivity contribution in [1.82, 2.24) is 15.1 Å². The monoisotopic (exact) mass is 440 g/mol. The van der Waals surface area contributed by atoms with Crippen LogP contribution in [0.4, 0.5) is 10.5 Å². The molecule has 0 saturated carbocycles. The molecule has 0 N–H and O–H groups in total. The van der Waals surface area contributed by atoms with E-state index in [4.69, 9.17) is 4.42 Å². The van der Waals surface area contributed by atoms with Crippen LogP contribution in [0.2, 0.25) is 0 Å². The highest BCUT2D eigenvalue weighted by Gasteiger charge is 2.43. The van der Waals surface area contributed by atoms with Crippen LogP contribution in [0.1, 0.15) is 18.4 Å². The van der Waals surface area contributed by atoms with Crippen LogP contribution in [0.5, 0.6) is 0 Å². The van der Waals surface area contributed by atoms with Crippen molar-refractivity contribution in [2.45, 2.75) is 26.4 Å². The zero-order chi connectivity index (χ0) is 19.8. The lowest BCUT2D eigenvalue weighted by Crippen LogP contribution is -2.33. The first kappa shape index (κ1) is 18.4. The maximum Gasteiger partial charge on any atom is 0.332 e. The standard InChI is InChI=1S/C20H17BrN4O3/c1-12-7-9-14(10-8-12)25-13(2)19(26)24(20(25)27)11-17-22-23-18(28-17)15-5-3-4-6-16(15)21/h3-10,13H,11H2,1-2H3. The fourth-order valence-corrected chi connectivity index (χ4v) is 3.56. The third-order valence-electron chi connectivity index (χ3n) is 4.62. The molecule has 1 aliphatic rings. The lowest BCUT2D eigenvalue weighted by Gasteiger charge is -2.19. The molecule has 3 amide bonds. The highest BCUT2D eigenvalue weighted by atomic mass is 79.9. The van der Waals surface area contributed by atoms with Crippen molar-refractivity contribution in [2.75, 3.05) is 4.90 Å². The van der Waals surface area contributed by atoms with Crippen LogP contribution < -0.4 is 4.90 Å². The van der Waals surface area contributed by atoms with Gasteiger partial charge >= 0.3 is 6.03 Å². The fraction of sp³-hybridized carbons (Fsp3) is 0.200. The first-order valence-electron chi connectivity index (χ1n) is 8.74. The van der Waals surface area contributed by atoms with Crippen LogP contribution in [0.15, 0.2) is 57.4 Å². The third-order valence-corrected chi connectivity index (χ3v) is 5.32. The van der Waals surface area contributed by atoms with Gasteiger partial charge in [-0.2, -0.15) is 0 Å². The average Bonchev–Trinajstić information content (AvgIpc) is 3.23. The number of carbonyl (C=O) groups is 2. The smallest absolute Gasteiger partial charge is 0.332 e. The normalized spacial score (nSPS) is 16.9. The van der Waals surface area contributed by atoms with Gasteiger partial charge in [0.15, 0.2) is 0 Å². The zero-order valence-corrected chi connectivity index (χ0v) is 16.9. The van der Waals surface area contributed by atoms with Gasteiger partial charge in [0.05, 0.1) is 5.56 Å². The minimum absolute atomic E-state index is 0.0676. The number of imide groups is 1. The molecule has 7 nitrogen and oxygen atoms in total. The Balaban J connectivity index is 1.57. The zero-order valence-electron chi connectivity index (χ0n) is 15.3. The van der Waals surface area contributed by atoms with E-state index < -0.39 is 12.1 Å². The van der Waals surface area contributed by atoms with E-state index in [1.54, 1.807) is 6.92 Å². The minimum atomic E-state index is -0.596. The molecule has 1 aliphatic heterocycles. The minimum Gasteiger partial charge on any atom is -0.419 e. The largest absolute Gasteiger partial charge is 0.419 e. The number of hydrogen-bond acceptors (Lipinski definition) is 5. The molecular formula is C20H17BrN4O3. The van der Waals surface area contributed by atoms with Crippen LogP contribution in [0.25, 0.3) is 11.5 Å². The van der Waals surface area contributed by atoms with E-state index in [0.717, 1.165) is 20.5 Å². The summed E-state index contributed by atoms with van der Waals surface area (Å²) < 4.78 is 6.50. The molecule has 0 aliphatic carbocycles. The van der Waals surface area contributed by atoms with Crippen molar-refractivity contribution in [3.8, 4) is 11.5 Å². The van der Waals surface area contributed by atoms with Crippen molar-refractivity contribution in [3.05, 3.63) is 64.5 Å². The molecule has 2 heterocycles. The Morgan fingerprint density at radius 3 is 2.50 bits per heavy atom. The number of carbonyl (C=O) groups excluding carboxylic acids is 2. The number of aromatic nitrogens is 2. The average molecular weight is 441 g/mol. The Labute approximate surface area is 170 Å². The molecule has 142 valence electrons. The molecule has 8 heteroatoms. The van der Waals surface area contributed by atoms with Gasteiger partial charge in [0.2, 0.25) is 11.8 Å². The Hall–Kier alpha value is -3.00. The van der Waals surface area contributed by atoms with Crippen LogP contribution in [0.3, 0.4) is 0 Å². The number of hydrogen-bond donors (Lipinski definition) is 0. The summed E-state index contributed by atoms with van der Waals surface area (Å²) in [5, 5.41) is 8.03. The maximum atomic E-state index is 12.9. The highest BCUT2D eigenvalue weighted by Crippen LogP contribution is 2.29. The third kappa shape index (κ3) is 3.20. The first-order chi connectivity index (χ1) is 13.5. The number of rotatable bonds is 4. The summed E-state index contributed by atoms with van der Waals surface area (Å²) in [4.78, 5) is 28.2. The quantitative estimate of drug-likeness (QED) is 0.568.